The Labute approximate surface area is 131 Å². The van der Waals surface area contributed by atoms with E-state index in [2.05, 4.69) is 25.7 Å². The van der Waals surface area contributed by atoms with Gasteiger partial charge >= 0.3 is 0 Å². The largest absolute Gasteiger partial charge is 0.386 e. The molecule has 0 saturated carbocycles. The van der Waals surface area contributed by atoms with Crippen LogP contribution in [0.3, 0.4) is 0 Å². The van der Waals surface area contributed by atoms with Gasteiger partial charge < -0.3 is 14.6 Å². The van der Waals surface area contributed by atoms with Crippen LogP contribution in [-0.2, 0) is 9.47 Å². The highest BCUT2D eigenvalue weighted by Crippen LogP contribution is 2.26. The van der Waals surface area contributed by atoms with Crippen molar-refractivity contribution in [2.24, 2.45) is 0 Å². The van der Waals surface area contributed by atoms with Gasteiger partial charge in [-0.15, -0.1) is 0 Å². The van der Waals surface area contributed by atoms with E-state index in [4.69, 9.17) is 9.47 Å². The number of hydrogen-bond donors (Lipinski definition) is 1. The zero-order valence-corrected chi connectivity index (χ0v) is 15.6. The highest BCUT2D eigenvalue weighted by molar-refractivity contribution is 6.76. The fourth-order valence-electron chi connectivity index (χ4n) is 2.53. The Morgan fingerprint density at radius 2 is 2.05 bits per heavy atom. The molecule has 0 amide bonds. The maximum atomic E-state index is 10.3. The summed E-state index contributed by atoms with van der Waals surface area (Å²) in [6, 6.07) is 1.06. The summed E-state index contributed by atoms with van der Waals surface area (Å²) in [4.78, 5) is 0. The molecule has 0 spiro atoms. The minimum absolute atomic E-state index is 0.0125. The van der Waals surface area contributed by atoms with Gasteiger partial charge in [-0.1, -0.05) is 25.7 Å². The summed E-state index contributed by atoms with van der Waals surface area (Å²) < 4.78 is 11.3. The average molecular weight is 315 g/mol. The third-order valence-corrected chi connectivity index (χ3v) is 5.13. The molecule has 1 fully saturated rings. The zero-order valence-electron chi connectivity index (χ0n) is 14.6. The molecule has 1 rings (SSSR count). The molecule has 1 atom stereocenters. The molecule has 1 N–H and O–H groups in total. The van der Waals surface area contributed by atoms with Gasteiger partial charge in [0.15, 0.2) is 6.29 Å². The number of ether oxygens (including phenoxy) is 2. The van der Waals surface area contributed by atoms with Crippen molar-refractivity contribution in [3.63, 3.8) is 0 Å². The molecule has 1 aliphatic heterocycles. The van der Waals surface area contributed by atoms with Crippen LogP contribution in [0.2, 0.25) is 25.7 Å². The van der Waals surface area contributed by atoms with Crippen LogP contribution in [0.15, 0.2) is 11.6 Å². The third kappa shape index (κ3) is 8.76. The maximum Gasteiger partial charge on any atom is 0.157 e. The van der Waals surface area contributed by atoms with Crippen LogP contribution in [0, 0.1) is 0 Å². The smallest absolute Gasteiger partial charge is 0.157 e. The second kappa shape index (κ2) is 8.46. The van der Waals surface area contributed by atoms with Gasteiger partial charge in [0.1, 0.15) is 0 Å². The second-order valence-corrected chi connectivity index (χ2v) is 13.3. The van der Waals surface area contributed by atoms with Gasteiger partial charge in [0, 0.05) is 14.7 Å². The molecule has 0 aromatic rings. The van der Waals surface area contributed by atoms with Gasteiger partial charge in [-0.3, -0.25) is 0 Å². The molecule has 0 radical (unpaired) electrons. The number of hydrogen-bond acceptors (Lipinski definition) is 3. The first-order chi connectivity index (χ1) is 9.68. The minimum Gasteiger partial charge on any atom is -0.386 e. The van der Waals surface area contributed by atoms with Gasteiger partial charge in [0.25, 0.3) is 0 Å². The van der Waals surface area contributed by atoms with E-state index in [1.807, 2.05) is 13.8 Å². The van der Waals surface area contributed by atoms with Crippen LogP contribution in [0.4, 0.5) is 0 Å². The van der Waals surface area contributed by atoms with Crippen molar-refractivity contribution in [2.45, 2.75) is 83.5 Å². The molecule has 124 valence electrons. The van der Waals surface area contributed by atoms with Crippen molar-refractivity contribution >= 4 is 8.07 Å². The molecule has 0 aromatic heterocycles. The summed E-state index contributed by atoms with van der Waals surface area (Å²) in [6.07, 6.45) is 7.60. The first-order valence-electron chi connectivity index (χ1n) is 8.33. The van der Waals surface area contributed by atoms with Crippen LogP contribution in [0.1, 0.15) is 46.0 Å². The summed E-state index contributed by atoms with van der Waals surface area (Å²) in [6.45, 7) is 12.4. The molecule has 21 heavy (non-hydrogen) atoms. The van der Waals surface area contributed by atoms with Crippen LogP contribution < -0.4 is 0 Å². The van der Waals surface area contributed by atoms with Gasteiger partial charge in [-0.2, -0.15) is 0 Å². The summed E-state index contributed by atoms with van der Waals surface area (Å²) in [5, 5.41) is 10.3. The summed E-state index contributed by atoms with van der Waals surface area (Å²) in [5.41, 5.74) is 0.490. The average Bonchev–Trinajstić information content (AvgIpc) is 2.35. The first-order valence-corrected chi connectivity index (χ1v) is 12.0. The fourth-order valence-corrected chi connectivity index (χ4v) is 4.25. The Morgan fingerprint density at radius 3 is 2.57 bits per heavy atom. The van der Waals surface area contributed by atoms with Crippen LogP contribution >= 0.6 is 0 Å². The minimum atomic E-state index is -1.20. The van der Waals surface area contributed by atoms with E-state index < -0.39 is 13.7 Å². The zero-order chi connectivity index (χ0) is 15.9. The predicted octanol–water partition coefficient (Wildman–Crippen LogP) is 4.35. The van der Waals surface area contributed by atoms with Crippen molar-refractivity contribution in [1.82, 2.24) is 0 Å². The summed E-state index contributed by atoms with van der Waals surface area (Å²) in [7, 11) is -1.20. The molecule has 1 heterocycles. The first kappa shape index (κ1) is 18.9. The van der Waals surface area contributed by atoms with Gasteiger partial charge in [0.05, 0.1) is 12.2 Å². The van der Waals surface area contributed by atoms with Crippen LogP contribution in [0.5, 0.6) is 0 Å². The Hall–Kier alpha value is -0.163. The monoisotopic (exact) mass is 314 g/mol. The van der Waals surface area contributed by atoms with Crippen LogP contribution in [0.25, 0.3) is 0 Å². The molecule has 1 unspecified atom stereocenters. The van der Waals surface area contributed by atoms with Crippen molar-refractivity contribution in [1.29, 1.82) is 0 Å². The summed E-state index contributed by atoms with van der Waals surface area (Å²) >= 11 is 0. The number of rotatable bonds is 8. The molecule has 1 aliphatic rings. The number of aliphatic hydroxyl groups is 1. The SMILES string of the molecule is CC(C)(O)/C(=C\CCCOC1CCCCO1)C[Si](C)(C)C. The van der Waals surface area contributed by atoms with E-state index in [-0.39, 0.29) is 6.29 Å². The number of unbranched alkanes of at least 4 members (excludes halogenated alkanes) is 1. The molecule has 0 bridgehead atoms. The lowest BCUT2D eigenvalue weighted by molar-refractivity contribution is -0.162. The Kier molecular flexibility index (Phi) is 7.61. The van der Waals surface area contributed by atoms with Crippen molar-refractivity contribution in [3.05, 3.63) is 11.6 Å². The summed E-state index contributed by atoms with van der Waals surface area (Å²) in [5.74, 6) is 0. The lowest BCUT2D eigenvalue weighted by atomic mass is 9.98. The van der Waals surface area contributed by atoms with Crippen molar-refractivity contribution in [3.8, 4) is 0 Å². The van der Waals surface area contributed by atoms with Crippen molar-refractivity contribution in [2.75, 3.05) is 13.2 Å². The van der Waals surface area contributed by atoms with E-state index in [9.17, 15) is 5.11 Å². The fraction of sp³-hybridized carbons (Fsp3) is 0.882. The van der Waals surface area contributed by atoms with E-state index in [0.717, 1.165) is 44.9 Å². The van der Waals surface area contributed by atoms with Crippen LogP contribution in [-0.4, -0.2) is 38.3 Å². The molecular weight excluding hydrogens is 280 g/mol. The van der Waals surface area contributed by atoms with E-state index in [1.165, 1.54) is 12.0 Å². The Balaban J connectivity index is 2.33. The maximum absolute atomic E-state index is 10.3. The predicted molar refractivity (Wildman–Crippen MR) is 91.3 cm³/mol. The van der Waals surface area contributed by atoms with E-state index in [0.29, 0.717) is 0 Å². The standard InChI is InChI=1S/C17H34O3Si/c1-17(2,18)15(14-21(3,4)5)10-6-8-12-19-16-11-7-9-13-20-16/h10,16,18H,6-9,11-14H2,1-5H3/b15-10-. The highest BCUT2D eigenvalue weighted by atomic mass is 28.3. The van der Waals surface area contributed by atoms with Crippen molar-refractivity contribution < 1.29 is 14.6 Å². The molecular formula is C17H34O3Si. The topological polar surface area (TPSA) is 38.7 Å². The lowest BCUT2D eigenvalue weighted by Gasteiger charge is -2.27. The molecule has 1 saturated heterocycles. The molecule has 0 aliphatic carbocycles. The van der Waals surface area contributed by atoms with Gasteiger partial charge in [0.2, 0.25) is 0 Å². The quantitative estimate of drug-likeness (QED) is 0.411. The highest BCUT2D eigenvalue weighted by Gasteiger charge is 2.25. The Bertz CT molecular complexity index is 320. The van der Waals surface area contributed by atoms with E-state index in [1.54, 1.807) is 0 Å². The lowest BCUT2D eigenvalue weighted by Crippen LogP contribution is -2.29. The second-order valence-electron chi connectivity index (χ2n) is 7.83. The molecule has 4 heteroatoms. The third-order valence-electron chi connectivity index (χ3n) is 3.69. The molecule has 3 nitrogen and oxygen atoms in total. The van der Waals surface area contributed by atoms with Gasteiger partial charge in [-0.25, -0.2) is 0 Å². The Morgan fingerprint density at radius 1 is 1.33 bits per heavy atom. The number of allylic oxidation sites excluding steroid dienone is 1. The van der Waals surface area contributed by atoms with E-state index >= 15 is 0 Å². The molecule has 0 aromatic carbocycles. The normalized spacial score (nSPS) is 21.6. The van der Waals surface area contributed by atoms with Gasteiger partial charge in [-0.05, 0) is 57.6 Å².